The summed E-state index contributed by atoms with van der Waals surface area (Å²) >= 11 is 5.75. The number of rotatable bonds is 5. The molecule has 0 atom stereocenters. The summed E-state index contributed by atoms with van der Waals surface area (Å²) in [6.45, 7) is 0.632. The second kappa shape index (κ2) is 5.64. The molecule has 0 N–H and O–H groups in total. The Balaban J connectivity index is 2.13. The highest BCUT2D eigenvalue weighted by molar-refractivity contribution is 6.16. The van der Waals surface area contributed by atoms with Crippen LogP contribution in [0.5, 0.6) is 0 Å². The zero-order valence-corrected chi connectivity index (χ0v) is 10.4. The predicted molar refractivity (Wildman–Crippen MR) is 68.6 cm³/mol. The van der Waals surface area contributed by atoms with Crippen LogP contribution >= 0.6 is 11.6 Å². The summed E-state index contributed by atoms with van der Waals surface area (Å²) in [5, 5.41) is 10.9. The summed E-state index contributed by atoms with van der Waals surface area (Å²) in [6, 6.07) is 6.77. The van der Waals surface area contributed by atoms with Gasteiger partial charge in [-0.05, 0) is 6.42 Å². The molecule has 0 unspecified atom stereocenters. The largest absolute Gasteiger partial charge is 0.334 e. The molecule has 0 aliphatic rings. The van der Waals surface area contributed by atoms with E-state index in [1.54, 1.807) is 24.4 Å². The maximum Gasteiger partial charge on any atom is 0.272 e. The number of hydrogen-bond acceptors (Lipinski definition) is 3. The van der Waals surface area contributed by atoms with Crippen LogP contribution in [0, 0.1) is 10.1 Å². The summed E-state index contributed by atoms with van der Waals surface area (Å²) in [4.78, 5) is 14.6. The van der Waals surface area contributed by atoms with Crippen molar-refractivity contribution in [2.45, 2.75) is 18.8 Å². The Morgan fingerprint density at radius 3 is 2.89 bits per heavy atom. The lowest BCUT2D eigenvalue weighted by atomic mass is 10.1. The predicted octanol–water partition coefficient (Wildman–Crippen LogP) is 2.77. The third kappa shape index (κ3) is 2.68. The lowest BCUT2D eigenvalue weighted by Gasteiger charge is -2.06. The number of aromatic nitrogens is 2. The van der Waals surface area contributed by atoms with E-state index in [0.29, 0.717) is 18.8 Å². The molecule has 0 bridgehead atoms. The molecule has 94 valence electrons. The first kappa shape index (κ1) is 12.6. The van der Waals surface area contributed by atoms with Crippen molar-refractivity contribution < 1.29 is 4.92 Å². The molecule has 0 saturated carbocycles. The highest BCUT2D eigenvalue weighted by Gasteiger charge is 2.12. The van der Waals surface area contributed by atoms with Gasteiger partial charge in [0.25, 0.3) is 5.69 Å². The van der Waals surface area contributed by atoms with E-state index in [4.69, 9.17) is 11.6 Å². The van der Waals surface area contributed by atoms with Gasteiger partial charge in [0.1, 0.15) is 5.82 Å². The van der Waals surface area contributed by atoms with Crippen LogP contribution in [0.3, 0.4) is 0 Å². The first-order valence-corrected chi connectivity index (χ1v) is 6.04. The van der Waals surface area contributed by atoms with Crippen molar-refractivity contribution in [2.75, 3.05) is 0 Å². The van der Waals surface area contributed by atoms with E-state index in [1.165, 1.54) is 6.07 Å². The van der Waals surface area contributed by atoms with E-state index >= 15 is 0 Å². The summed E-state index contributed by atoms with van der Waals surface area (Å²) in [5.74, 6) is 1.11. The Kier molecular flexibility index (Phi) is 3.94. The number of aryl methyl sites for hydroxylation is 2. The topological polar surface area (TPSA) is 61.0 Å². The molecule has 2 aromatic rings. The molecule has 0 aliphatic heterocycles. The van der Waals surface area contributed by atoms with E-state index in [1.807, 2.05) is 10.8 Å². The van der Waals surface area contributed by atoms with Crippen LogP contribution in [0.1, 0.15) is 11.4 Å². The van der Waals surface area contributed by atoms with Crippen molar-refractivity contribution in [3.05, 3.63) is 58.2 Å². The Morgan fingerprint density at radius 2 is 2.17 bits per heavy atom. The van der Waals surface area contributed by atoms with Crippen LogP contribution in [0.15, 0.2) is 36.7 Å². The zero-order valence-electron chi connectivity index (χ0n) is 9.62. The summed E-state index contributed by atoms with van der Waals surface area (Å²) in [7, 11) is 0. The van der Waals surface area contributed by atoms with Crippen LogP contribution in [0.25, 0.3) is 0 Å². The number of halogens is 1. The average molecular weight is 266 g/mol. The van der Waals surface area contributed by atoms with Gasteiger partial charge in [0.15, 0.2) is 0 Å². The number of para-hydroxylation sites is 1. The first-order chi connectivity index (χ1) is 8.72. The van der Waals surface area contributed by atoms with Crippen LogP contribution in [-0.2, 0) is 18.8 Å². The highest BCUT2D eigenvalue weighted by Crippen LogP contribution is 2.18. The van der Waals surface area contributed by atoms with Crippen LogP contribution in [-0.4, -0.2) is 14.5 Å². The van der Waals surface area contributed by atoms with Gasteiger partial charge >= 0.3 is 0 Å². The van der Waals surface area contributed by atoms with Gasteiger partial charge in [-0.15, -0.1) is 11.6 Å². The SMILES string of the molecule is O=[N+]([O-])c1ccccc1CCn1ccnc1CCl. The van der Waals surface area contributed by atoms with Crippen LogP contribution in [0.4, 0.5) is 5.69 Å². The summed E-state index contributed by atoms with van der Waals surface area (Å²) < 4.78 is 1.91. The van der Waals surface area contributed by atoms with E-state index in [2.05, 4.69) is 4.98 Å². The molecule has 0 radical (unpaired) electrons. The Labute approximate surface area is 109 Å². The maximum absolute atomic E-state index is 10.9. The maximum atomic E-state index is 10.9. The second-order valence-corrected chi connectivity index (χ2v) is 4.07. The third-order valence-electron chi connectivity index (χ3n) is 2.73. The van der Waals surface area contributed by atoms with Gasteiger partial charge in [0.05, 0.1) is 10.8 Å². The van der Waals surface area contributed by atoms with Crippen molar-refractivity contribution in [1.29, 1.82) is 0 Å². The fourth-order valence-corrected chi connectivity index (χ4v) is 2.04. The van der Waals surface area contributed by atoms with E-state index in [-0.39, 0.29) is 10.6 Å². The van der Waals surface area contributed by atoms with Gasteiger partial charge in [0.2, 0.25) is 0 Å². The Hall–Kier alpha value is -1.88. The zero-order chi connectivity index (χ0) is 13.0. The molecular formula is C12H12ClN3O2. The molecule has 0 amide bonds. The molecule has 0 saturated heterocycles. The fourth-order valence-electron chi connectivity index (χ4n) is 1.82. The molecule has 0 spiro atoms. The van der Waals surface area contributed by atoms with E-state index in [0.717, 1.165) is 11.4 Å². The lowest BCUT2D eigenvalue weighted by molar-refractivity contribution is -0.385. The van der Waals surface area contributed by atoms with Gasteiger partial charge in [-0.3, -0.25) is 10.1 Å². The van der Waals surface area contributed by atoms with Crippen molar-refractivity contribution in [3.63, 3.8) is 0 Å². The molecule has 5 nitrogen and oxygen atoms in total. The first-order valence-electron chi connectivity index (χ1n) is 5.50. The molecule has 18 heavy (non-hydrogen) atoms. The molecule has 0 fully saturated rings. The molecule has 2 rings (SSSR count). The normalized spacial score (nSPS) is 10.5. The van der Waals surface area contributed by atoms with Crippen molar-refractivity contribution in [2.24, 2.45) is 0 Å². The number of hydrogen-bond donors (Lipinski definition) is 0. The molecule has 1 aromatic carbocycles. The summed E-state index contributed by atoms with van der Waals surface area (Å²) in [5.41, 5.74) is 0.877. The number of alkyl halides is 1. The minimum absolute atomic E-state index is 0.157. The molecule has 0 aliphatic carbocycles. The molecule has 6 heteroatoms. The number of nitro groups is 1. The average Bonchev–Trinajstić information content (AvgIpc) is 2.84. The highest BCUT2D eigenvalue weighted by atomic mass is 35.5. The quantitative estimate of drug-likeness (QED) is 0.474. The third-order valence-corrected chi connectivity index (χ3v) is 2.97. The fraction of sp³-hybridized carbons (Fsp3) is 0.250. The van der Waals surface area contributed by atoms with Gasteiger partial charge in [0, 0.05) is 30.6 Å². The van der Waals surface area contributed by atoms with Crippen LogP contribution < -0.4 is 0 Å². The molecular weight excluding hydrogens is 254 g/mol. The summed E-state index contributed by atoms with van der Waals surface area (Å²) in [6.07, 6.45) is 4.08. The Morgan fingerprint density at radius 1 is 1.39 bits per heavy atom. The van der Waals surface area contributed by atoms with Gasteiger partial charge in [-0.25, -0.2) is 4.98 Å². The van der Waals surface area contributed by atoms with Gasteiger partial charge < -0.3 is 4.57 Å². The second-order valence-electron chi connectivity index (χ2n) is 3.81. The number of nitro benzene ring substituents is 1. The van der Waals surface area contributed by atoms with Gasteiger partial charge in [-0.1, -0.05) is 18.2 Å². The monoisotopic (exact) mass is 265 g/mol. The standard InChI is InChI=1S/C12H12ClN3O2/c13-9-12-14-6-8-15(12)7-5-10-3-1-2-4-11(10)16(17)18/h1-4,6,8H,5,7,9H2. The minimum atomic E-state index is -0.355. The minimum Gasteiger partial charge on any atom is -0.334 e. The number of benzene rings is 1. The Bertz CT molecular complexity index is 554. The number of imidazole rings is 1. The van der Waals surface area contributed by atoms with Crippen molar-refractivity contribution in [1.82, 2.24) is 9.55 Å². The van der Waals surface area contributed by atoms with Crippen molar-refractivity contribution in [3.8, 4) is 0 Å². The lowest BCUT2D eigenvalue weighted by Crippen LogP contribution is -2.05. The number of nitrogens with zero attached hydrogens (tertiary/aromatic N) is 3. The molecule has 1 heterocycles. The molecule has 1 aromatic heterocycles. The van der Waals surface area contributed by atoms with Crippen molar-refractivity contribution >= 4 is 17.3 Å². The van der Waals surface area contributed by atoms with E-state index in [9.17, 15) is 10.1 Å². The van der Waals surface area contributed by atoms with Crippen LogP contribution in [0.2, 0.25) is 0 Å². The smallest absolute Gasteiger partial charge is 0.272 e. The van der Waals surface area contributed by atoms with Gasteiger partial charge in [-0.2, -0.15) is 0 Å². The van der Waals surface area contributed by atoms with E-state index < -0.39 is 0 Å².